The number of halogens is 2. The van der Waals surface area contributed by atoms with Crippen LogP contribution in [0.3, 0.4) is 0 Å². The van der Waals surface area contributed by atoms with Crippen LogP contribution in [0.15, 0.2) is 60.0 Å². The average Bonchev–Trinajstić information content (AvgIpc) is 3.39. The molecule has 2 aliphatic rings. The minimum Gasteiger partial charge on any atom is -0.350 e. The molecular weight excluding hydrogens is 464 g/mol. The van der Waals surface area contributed by atoms with Crippen molar-refractivity contribution in [3.63, 3.8) is 0 Å². The molecule has 1 saturated heterocycles. The zero-order valence-corrected chi connectivity index (χ0v) is 19.2. The number of hydrogen-bond donors (Lipinski definition) is 2. The Morgan fingerprint density at radius 3 is 2.26 bits per heavy atom. The van der Waals surface area contributed by atoms with Crippen LogP contribution < -0.4 is 10.6 Å². The maximum absolute atomic E-state index is 13.3. The molecule has 0 bridgehead atoms. The summed E-state index contributed by atoms with van der Waals surface area (Å²) in [7, 11) is -3.71. The molecular formula is C24H25F2N3O4S. The van der Waals surface area contributed by atoms with Gasteiger partial charge in [0.2, 0.25) is 15.9 Å². The van der Waals surface area contributed by atoms with Gasteiger partial charge in [-0.3, -0.25) is 9.59 Å². The third-order valence-electron chi connectivity index (χ3n) is 6.44. The number of hydrogen-bond acceptors (Lipinski definition) is 4. The first-order valence-corrected chi connectivity index (χ1v) is 12.4. The van der Waals surface area contributed by atoms with E-state index in [1.54, 1.807) is 0 Å². The lowest BCUT2D eigenvalue weighted by Gasteiger charge is -2.19. The van der Waals surface area contributed by atoms with Gasteiger partial charge in [-0.05, 0) is 72.7 Å². The van der Waals surface area contributed by atoms with Gasteiger partial charge in [-0.25, -0.2) is 17.2 Å². The van der Waals surface area contributed by atoms with Crippen molar-refractivity contribution in [1.82, 2.24) is 14.9 Å². The van der Waals surface area contributed by atoms with Crippen LogP contribution in [0.25, 0.3) is 0 Å². The molecule has 2 aromatic rings. The van der Waals surface area contributed by atoms with Crippen molar-refractivity contribution in [3.8, 4) is 0 Å². The molecule has 2 N–H and O–H groups in total. The lowest BCUT2D eigenvalue weighted by atomic mass is 10.0. The van der Waals surface area contributed by atoms with Gasteiger partial charge in [0.15, 0.2) is 11.6 Å². The zero-order chi connectivity index (χ0) is 24.5. The van der Waals surface area contributed by atoms with Gasteiger partial charge in [-0.2, -0.15) is 4.31 Å². The first-order valence-electron chi connectivity index (χ1n) is 10.9. The highest BCUT2D eigenvalue weighted by Gasteiger charge is 2.45. The molecule has 34 heavy (non-hydrogen) atoms. The number of nitrogens with one attached hydrogen (secondary N) is 2. The molecule has 0 spiro atoms. The summed E-state index contributed by atoms with van der Waals surface area (Å²) < 4.78 is 54.0. The summed E-state index contributed by atoms with van der Waals surface area (Å²) in [6.45, 7) is 4.24. The minimum absolute atomic E-state index is 0.000879. The molecule has 2 atom stereocenters. The molecule has 0 aromatic heterocycles. The molecule has 2 fully saturated rings. The second-order valence-corrected chi connectivity index (χ2v) is 10.6. The second kappa shape index (κ2) is 9.63. The summed E-state index contributed by atoms with van der Waals surface area (Å²) >= 11 is 0. The van der Waals surface area contributed by atoms with Crippen LogP contribution in [0, 0.1) is 23.5 Å². The molecule has 0 radical (unpaired) electrons. The minimum atomic E-state index is -3.71. The fraction of sp³-hybridized carbons (Fsp3) is 0.333. The van der Waals surface area contributed by atoms with Crippen LogP contribution in [0.1, 0.15) is 28.8 Å². The first kappa shape index (κ1) is 24.0. The summed E-state index contributed by atoms with van der Waals surface area (Å²) in [6.07, 6.45) is 2.69. The number of amides is 2. The average molecular weight is 490 g/mol. The van der Waals surface area contributed by atoms with Crippen molar-refractivity contribution in [3.05, 3.63) is 77.9 Å². The predicted molar refractivity (Wildman–Crippen MR) is 121 cm³/mol. The van der Waals surface area contributed by atoms with E-state index in [0.717, 1.165) is 25.0 Å². The van der Waals surface area contributed by atoms with E-state index in [0.29, 0.717) is 18.7 Å². The van der Waals surface area contributed by atoms with E-state index >= 15 is 0 Å². The summed E-state index contributed by atoms with van der Waals surface area (Å²) in [4.78, 5) is 24.0. The summed E-state index contributed by atoms with van der Waals surface area (Å²) in [5.74, 6) is -2.27. The normalized spacial score (nSPS) is 22.2. The number of sulfonamides is 1. The van der Waals surface area contributed by atoms with Crippen LogP contribution >= 0.6 is 0 Å². The largest absolute Gasteiger partial charge is 0.350 e. The van der Waals surface area contributed by atoms with Crippen LogP contribution in [-0.4, -0.2) is 43.7 Å². The van der Waals surface area contributed by atoms with E-state index in [2.05, 4.69) is 17.2 Å². The Labute approximate surface area is 196 Å². The number of fused-ring (bicyclic) bond motifs is 1. The Morgan fingerprint density at radius 2 is 1.68 bits per heavy atom. The highest BCUT2D eigenvalue weighted by molar-refractivity contribution is 7.89. The Kier molecular flexibility index (Phi) is 6.81. The van der Waals surface area contributed by atoms with Crippen LogP contribution in [0.5, 0.6) is 0 Å². The highest BCUT2D eigenvalue weighted by atomic mass is 32.2. The number of carbonyl (C=O) groups excluding carboxylic acids is 2. The standard InChI is InChI=1S/C24H25F2N3O4S/c1-2-23(30)28-19-10-17-13-29(14-18(17)11-19)34(32,33)20-6-4-16(5-7-20)24(31)27-12-15-3-8-21(25)22(26)9-15/h2-9,17-19H,1,10-14H2,(H,27,31)(H,28,30). The maximum atomic E-state index is 13.3. The first-order chi connectivity index (χ1) is 16.2. The van der Waals surface area contributed by atoms with Crippen molar-refractivity contribution in [2.24, 2.45) is 11.8 Å². The van der Waals surface area contributed by atoms with Crippen LogP contribution in [0.2, 0.25) is 0 Å². The number of benzene rings is 2. The molecule has 2 aromatic carbocycles. The van der Waals surface area contributed by atoms with Gasteiger partial charge in [0.1, 0.15) is 0 Å². The van der Waals surface area contributed by atoms with Crippen molar-refractivity contribution in [1.29, 1.82) is 0 Å². The lowest BCUT2D eigenvalue weighted by Crippen LogP contribution is -2.35. The van der Waals surface area contributed by atoms with Gasteiger partial charge >= 0.3 is 0 Å². The molecule has 1 heterocycles. The van der Waals surface area contributed by atoms with Crippen LogP contribution in [0.4, 0.5) is 8.78 Å². The smallest absolute Gasteiger partial charge is 0.251 e. The number of rotatable bonds is 7. The zero-order valence-electron chi connectivity index (χ0n) is 18.3. The molecule has 10 heteroatoms. The van der Waals surface area contributed by atoms with E-state index in [-0.39, 0.29) is 40.8 Å². The van der Waals surface area contributed by atoms with Gasteiger partial charge in [0, 0.05) is 31.2 Å². The van der Waals surface area contributed by atoms with Gasteiger partial charge in [-0.15, -0.1) is 0 Å². The van der Waals surface area contributed by atoms with Crippen molar-refractivity contribution in [2.45, 2.75) is 30.3 Å². The van der Waals surface area contributed by atoms with Crippen molar-refractivity contribution < 1.29 is 26.8 Å². The van der Waals surface area contributed by atoms with Crippen LogP contribution in [-0.2, 0) is 21.4 Å². The third kappa shape index (κ3) is 5.02. The van der Waals surface area contributed by atoms with E-state index in [1.165, 1.54) is 40.7 Å². The third-order valence-corrected chi connectivity index (χ3v) is 8.29. The fourth-order valence-corrected chi connectivity index (χ4v) is 6.25. The number of carbonyl (C=O) groups is 2. The molecule has 4 rings (SSSR count). The molecule has 180 valence electrons. The lowest BCUT2D eigenvalue weighted by molar-refractivity contribution is -0.117. The van der Waals surface area contributed by atoms with Crippen molar-refractivity contribution in [2.75, 3.05) is 13.1 Å². The molecule has 1 aliphatic carbocycles. The van der Waals surface area contributed by atoms with E-state index in [4.69, 9.17) is 0 Å². The van der Waals surface area contributed by atoms with E-state index < -0.39 is 27.6 Å². The monoisotopic (exact) mass is 489 g/mol. The van der Waals surface area contributed by atoms with Gasteiger partial charge in [0.05, 0.1) is 4.90 Å². The summed E-state index contributed by atoms with van der Waals surface area (Å²) in [5, 5.41) is 5.49. The second-order valence-electron chi connectivity index (χ2n) is 8.68. The van der Waals surface area contributed by atoms with Gasteiger partial charge in [0.25, 0.3) is 5.91 Å². The Bertz CT molecular complexity index is 1200. The quantitative estimate of drug-likeness (QED) is 0.585. The molecule has 2 amide bonds. The maximum Gasteiger partial charge on any atom is 0.251 e. The molecule has 7 nitrogen and oxygen atoms in total. The Morgan fingerprint density at radius 1 is 1.03 bits per heavy atom. The van der Waals surface area contributed by atoms with E-state index in [9.17, 15) is 26.8 Å². The van der Waals surface area contributed by atoms with Gasteiger partial charge < -0.3 is 10.6 Å². The Balaban J connectivity index is 1.35. The van der Waals surface area contributed by atoms with E-state index in [1.807, 2.05) is 0 Å². The van der Waals surface area contributed by atoms with Crippen molar-refractivity contribution >= 4 is 21.8 Å². The highest BCUT2D eigenvalue weighted by Crippen LogP contribution is 2.40. The summed E-state index contributed by atoms with van der Waals surface area (Å²) in [6, 6.07) is 9.03. The fourth-order valence-electron chi connectivity index (χ4n) is 4.69. The van der Waals surface area contributed by atoms with Gasteiger partial charge in [-0.1, -0.05) is 12.6 Å². The summed E-state index contributed by atoms with van der Waals surface area (Å²) in [5.41, 5.74) is 0.651. The molecule has 2 unspecified atom stereocenters. The molecule has 1 aliphatic heterocycles. The Hall–Kier alpha value is -3.11. The predicted octanol–water partition coefficient (Wildman–Crippen LogP) is 2.60. The topological polar surface area (TPSA) is 95.6 Å². The SMILES string of the molecule is C=CC(=O)NC1CC2CN(S(=O)(=O)c3ccc(C(=O)NCc4ccc(F)c(F)c4)cc3)CC2C1. The number of nitrogens with zero attached hydrogens (tertiary/aromatic N) is 1. The molecule has 1 saturated carbocycles.